The fraction of sp³-hybridized carbons (Fsp3) is 0.659. The number of benzene rings is 2. The molecule has 4 atom stereocenters. The third-order valence-corrected chi connectivity index (χ3v) is 10.1. The molecule has 0 spiro atoms. The highest BCUT2D eigenvalue weighted by Gasteiger charge is 2.44. The van der Waals surface area contributed by atoms with Gasteiger partial charge < -0.3 is 24.4 Å². The van der Waals surface area contributed by atoms with Crippen molar-refractivity contribution in [2.45, 2.75) is 142 Å². The molecule has 0 radical (unpaired) electrons. The quantitative estimate of drug-likeness (QED) is 0.239. The van der Waals surface area contributed by atoms with Crippen molar-refractivity contribution in [2.24, 2.45) is 11.8 Å². The number of nitrogens with zero attached hydrogens (tertiary/aromatic N) is 2. The summed E-state index contributed by atoms with van der Waals surface area (Å²) in [5.74, 6) is 0.655. The molecule has 0 aliphatic carbocycles. The molecular weight excluding hydrogens is 681 g/mol. The van der Waals surface area contributed by atoms with Crippen LogP contribution in [0.1, 0.15) is 131 Å². The average molecular weight is 745 g/mol. The van der Waals surface area contributed by atoms with E-state index >= 15 is 0 Å². The Labute approximate surface area is 313 Å². The Hall–Kier alpha value is -3.15. The van der Waals surface area contributed by atoms with Crippen molar-refractivity contribution in [3.05, 3.63) is 71.8 Å². The average Bonchev–Trinajstić information content (AvgIpc) is 3.50. The van der Waals surface area contributed by atoms with Crippen molar-refractivity contribution in [3.8, 4) is 0 Å². The van der Waals surface area contributed by atoms with Crippen LogP contribution in [0.25, 0.3) is 0 Å². The lowest BCUT2D eigenvalue weighted by Crippen LogP contribution is -2.45. The first-order valence-electron chi connectivity index (χ1n) is 18.5. The number of carbonyl (C=O) groups is 2. The van der Waals surface area contributed by atoms with Gasteiger partial charge in [-0.3, -0.25) is 4.18 Å². The van der Waals surface area contributed by atoms with Gasteiger partial charge in [0.05, 0.1) is 12.4 Å². The molecular formula is C41H64N2O8S. The van der Waals surface area contributed by atoms with Gasteiger partial charge in [-0.15, -0.1) is 0 Å². The first-order chi connectivity index (χ1) is 23.9. The molecule has 1 N–H and O–H groups in total. The lowest BCUT2D eigenvalue weighted by molar-refractivity contribution is 0.0118. The van der Waals surface area contributed by atoms with Crippen molar-refractivity contribution >= 4 is 22.3 Å². The van der Waals surface area contributed by atoms with Crippen LogP contribution in [0, 0.1) is 11.8 Å². The largest absolute Gasteiger partial charge is 0.444 e. The molecule has 2 aliphatic rings. The van der Waals surface area contributed by atoms with Crippen molar-refractivity contribution in [1.29, 1.82) is 0 Å². The summed E-state index contributed by atoms with van der Waals surface area (Å²) in [5, 5.41) is 10.3. The fourth-order valence-electron chi connectivity index (χ4n) is 7.21. The van der Waals surface area contributed by atoms with Crippen LogP contribution in [0.15, 0.2) is 60.7 Å². The highest BCUT2D eigenvalue weighted by Crippen LogP contribution is 2.39. The summed E-state index contributed by atoms with van der Waals surface area (Å²) in [4.78, 5) is 28.6. The van der Waals surface area contributed by atoms with Gasteiger partial charge in [-0.2, -0.15) is 8.42 Å². The van der Waals surface area contributed by atoms with Crippen LogP contribution in [0.2, 0.25) is 0 Å². The second-order valence-electron chi connectivity index (χ2n) is 17.7. The summed E-state index contributed by atoms with van der Waals surface area (Å²) < 4.78 is 39.8. The van der Waals surface area contributed by atoms with Crippen molar-refractivity contribution < 1.29 is 36.8 Å². The number of likely N-dealkylation sites (tertiary alicyclic amines) is 2. The number of aliphatic hydroxyl groups excluding tert-OH is 1. The molecule has 52 heavy (non-hydrogen) atoms. The molecule has 0 saturated carbocycles. The van der Waals surface area contributed by atoms with E-state index in [1.165, 1.54) is 0 Å². The second kappa shape index (κ2) is 17.3. The second-order valence-corrected chi connectivity index (χ2v) is 19.3. The maximum Gasteiger partial charge on any atom is 0.410 e. The number of rotatable bonds is 10. The molecule has 2 aromatic rings. The van der Waals surface area contributed by atoms with Crippen LogP contribution in [0.4, 0.5) is 9.59 Å². The van der Waals surface area contributed by atoms with Crippen molar-refractivity contribution in [1.82, 2.24) is 9.80 Å². The standard InChI is InChI=1S/C21H33NO5S.C20H31NO3/c1-20(2,3)26-19(23)22-15-16(14-21(22,4)5)12-13-18(27-28(6,24)25)17-10-8-7-9-11-17;1-19(2,3)24-18(23)21-14-15(13-20(21,4)5)11-12-17(22)16-9-7-6-8-10-16/h7-11,16,18H,12-15H2,1-6H3;6-10,15,17,22H,11-14H2,1-5H3/t16-,18?;15-,17?/m00/s1. The van der Waals surface area contributed by atoms with Gasteiger partial charge in [0.2, 0.25) is 0 Å². The Morgan fingerprint density at radius 2 is 1.12 bits per heavy atom. The van der Waals surface area contributed by atoms with Gasteiger partial charge in [-0.05, 0) is 131 Å². The van der Waals surface area contributed by atoms with Gasteiger partial charge in [0, 0.05) is 24.2 Å². The molecule has 2 saturated heterocycles. The summed E-state index contributed by atoms with van der Waals surface area (Å²) in [5.41, 5.74) is 0.284. The maximum atomic E-state index is 12.6. The lowest BCUT2D eigenvalue weighted by atomic mass is 9.91. The zero-order valence-corrected chi connectivity index (χ0v) is 34.2. The summed E-state index contributed by atoms with van der Waals surface area (Å²) >= 11 is 0. The number of carbonyl (C=O) groups excluding carboxylic acids is 2. The molecule has 4 rings (SSSR count). The summed E-state index contributed by atoms with van der Waals surface area (Å²) in [7, 11) is -3.57. The lowest BCUT2D eigenvalue weighted by Gasteiger charge is -2.33. The van der Waals surface area contributed by atoms with E-state index in [0.29, 0.717) is 31.8 Å². The van der Waals surface area contributed by atoms with Crippen molar-refractivity contribution in [2.75, 3.05) is 19.3 Å². The molecule has 2 fully saturated rings. The number of hydrogen-bond acceptors (Lipinski definition) is 8. The molecule has 2 amide bonds. The minimum atomic E-state index is -3.57. The number of aliphatic hydroxyl groups is 1. The topological polar surface area (TPSA) is 123 Å². The van der Waals surface area contributed by atoms with Crippen LogP contribution in [-0.2, 0) is 23.8 Å². The molecule has 2 heterocycles. The first-order valence-corrected chi connectivity index (χ1v) is 20.3. The molecule has 292 valence electrons. The Morgan fingerprint density at radius 3 is 1.50 bits per heavy atom. The summed E-state index contributed by atoms with van der Waals surface area (Å²) in [6.45, 7) is 20.8. The Morgan fingerprint density at radius 1 is 0.731 bits per heavy atom. The van der Waals surface area contributed by atoms with Crippen LogP contribution in [0.3, 0.4) is 0 Å². The van der Waals surface area contributed by atoms with E-state index in [9.17, 15) is 23.1 Å². The van der Waals surface area contributed by atoms with E-state index in [0.717, 1.165) is 43.1 Å². The molecule has 10 nitrogen and oxygen atoms in total. The van der Waals surface area contributed by atoms with Crippen LogP contribution < -0.4 is 0 Å². The molecule has 2 unspecified atom stereocenters. The zero-order valence-electron chi connectivity index (χ0n) is 33.3. The number of ether oxygens (including phenoxy) is 2. The third kappa shape index (κ3) is 14.0. The molecule has 2 aliphatic heterocycles. The van der Waals surface area contributed by atoms with Crippen LogP contribution >= 0.6 is 0 Å². The predicted molar refractivity (Wildman–Crippen MR) is 205 cm³/mol. The zero-order chi connectivity index (χ0) is 39.1. The van der Waals surface area contributed by atoms with E-state index in [-0.39, 0.29) is 29.2 Å². The van der Waals surface area contributed by atoms with E-state index in [1.807, 2.05) is 121 Å². The van der Waals surface area contributed by atoms with Gasteiger partial charge in [-0.25, -0.2) is 9.59 Å². The van der Waals surface area contributed by atoms with Gasteiger partial charge in [-0.1, -0.05) is 60.7 Å². The fourth-order valence-corrected chi connectivity index (χ4v) is 7.84. The summed E-state index contributed by atoms with van der Waals surface area (Å²) in [6, 6.07) is 19.1. The highest BCUT2D eigenvalue weighted by molar-refractivity contribution is 7.86. The van der Waals surface area contributed by atoms with Crippen LogP contribution in [-0.4, -0.2) is 77.1 Å². The molecule has 0 bridgehead atoms. The van der Waals surface area contributed by atoms with Crippen molar-refractivity contribution in [3.63, 3.8) is 0 Å². The normalized spacial score (nSPS) is 21.2. The molecule has 2 aromatic carbocycles. The maximum absolute atomic E-state index is 12.6. The van der Waals surface area contributed by atoms with Gasteiger partial charge in [0.15, 0.2) is 0 Å². The third-order valence-electron chi connectivity index (χ3n) is 9.48. The molecule has 11 heteroatoms. The van der Waals surface area contributed by atoms with E-state index in [4.69, 9.17) is 13.7 Å². The van der Waals surface area contributed by atoms with E-state index < -0.39 is 33.5 Å². The Bertz CT molecular complexity index is 1550. The number of hydrogen-bond donors (Lipinski definition) is 1. The summed E-state index contributed by atoms with van der Waals surface area (Å²) in [6.07, 6.45) is 4.31. The Balaban J connectivity index is 0.000000284. The predicted octanol–water partition coefficient (Wildman–Crippen LogP) is 9.06. The Kier molecular flexibility index (Phi) is 14.4. The van der Waals surface area contributed by atoms with Gasteiger partial charge in [0.1, 0.15) is 17.3 Å². The first kappa shape index (κ1) is 43.3. The molecule has 0 aromatic heterocycles. The number of amides is 2. The van der Waals surface area contributed by atoms with Gasteiger partial charge in [0.25, 0.3) is 10.1 Å². The minimum Gasteiger partial charge on any atom is -0.444 e. The van der Waals surface area contributed by atoms with E-state index in [2.05, 4.69) is 13.8 Å². The highest BCUT2D eigenvalue weighted by atomic mass is 32.2. The van der Waals surface area contributed by atoms with E-state index in [1.54, 1.807) is 4.90 Å². The SMILES string of the molecule is CC(C)(C)OC(=O)N1C[C@@H](CCC(O)c2ccccc2)CC1(C)C.CC(C)(C)OC(=O)N1C[C@@H](CCC(OS(C)(=O)=O)c2ccccc2)CC1(C)C. The van der Waals surface area contributed by atoms with Crippen LogP contribution in [0.5, 0.6) is 0 Å². The minimum absolute atomic E-state index is 0.204. The smallest absolute Gasteiger partial charge is 0.410 e. The van der Waals surface area contributed by atoms with Gasteiger partial charge >= 0.3 is 12.2 Å². The monoisotopic (exact) mass is 744 g/mol.